The van der Waals surface area contributed by atoms with E-state index >= 15 is 0 Å². The number of hydrogen-bond acceptors (Lipinski definition) is 6. The van der Waals surface area contributed by atoms with Gasteiger partial charge in [-0.2, -0.15) is 5.90 Å². The van der Waals surface area contributed by atoms with Crippen molar-refractivity contribution in [3.8, 4) is 0 Å². The fourth-order valence-corrected chi connectivity index (χ4v) is 0.796. The maximum Gasteiger partial charge on any atom is 0.337 e. The van der Waals surface area contributed by atoms with Gasteiger partial charge in [0.05, 0.1) is 6.61 Å². The lowest BCUT2D eigenvalue weighted by molar-refractivity contribution is -0.156. The fourth-order valence-electron chi connectivity index (χ4n) is 0.796. The van der Waals surface area contributed by atoms with Gasteiger partial charge in [0.2, 0.25) is 0 Å². The van der Waals surface area contributed by atoms with E-state index in [1.807, 2.05) is 0 Å². The topological polar surface area (TPSA) is 110 Å². The van der Waals surface area contributed by atoms with Gasteiger partial charge in [-0.15, -0.1) is 0 Å². The Hall–Kier alpha value is -0.980. The number of aliphatic hydroxyl groups excluding tert-OH is 2. The van der Waals surface area contributed by atoms with Crippen molar-refractivity contribution in [1.29, 1.82) is 0 Å². The summed E-state index contributed by atoms with van der Waals surface area (Å²) in [4.78, 5) is 25.7. The minimum absolute atomic E-state index is 0.174. The molecule has 0 aromatic carbocycles. The van der Waals surface area contributed by atoms with Crippen LogP contribution >= 0.6 is 0 Å². The van der Waals surface area contributed by atoms with Crippen LogP contribution in [0.5, 0.6) is 0 Å². The SMILES string of the molecule is CCC(O)C(=O)C(CO)C(=O)ON. The zero-order valence-corrected chi connectivity index (χ0v) is 7.27. The molecule has 0 saturated carbocycles. The molecule has 13 heavy (non-hydrogen) atoms. The molecule has 0 bridgehead atoms. The summed E-state index contributed by atoms with van der Waals surface area (Å²) < 4.78 is 0. The zero-order chi connectivity index (χ0) is 10.4. The molecule has 0 aromatic rings. The molecule has 0 aliphatic carbocycles. The monoisotopic (exact) mass is 191 g/mol. The number of hydrogen-bond donors (Lipinski definition) is 3. The van der Waals surface area contributed by atoms with Crippen LogP contribution in [0, 0.1) is 5.92 Å². The van der Waals surface area contributed by atoms with Gasteiger partial charge >= 0.3 is 5.97 Å². The molecule has 0 rings (SSSR count). The smallest absolute Gasteiger partial charge is 0.337 e. The number of aliphatic hydroxyl groups is 2. The Morgan fingerprint density at radius 3 is 2.38 bits per heavy atom. The van der Waals surface area contributed by atoms with Crippen LogP contribution in [0.4, 0.5) is 0 Å². The van der Waals surface area contributed by atoms with Gasteiger partial charge < -0.3 is 15.1 Å². The maximum absolute atomic E-state index is 11.1. The minimum atomic E-state index is -1.39. The standard InChI is InChI=1S/C7H13NO5/c1-2-5(10)6(11)4(3-9)7(12)13-8/h4-5,9-10H,2-3,8H2,1H3. The molecule has 0 spiro atoms. The number of carbonyl (C=O) groups excluding carboxylic acids is 2. The second kappa shape index (κ2) is 5.63. The highest BCUT2D eigenvalue weighted by Crippen LogP contribution is 2.05. The van der Waals surface area contributed by atoms with E-state index in [0.29, 0.717) is 0 Å². The van der Waals surface area contributed by atoms with Crippen molar-refractivity contribution >= 4 is 11.8 Å². The summed E-state index contributed by atoms with van der Waals surface area (Å²) in [7, 11) is 0. The Bertz CT molecular complexity index is 193. The van der Waals surface area contributed by atoms with E-state index in [-0.39, 0.29) is 6.42 Å². The second-order valence-corrected chi connectivity index (χ2v) is 2.50. The first-order valence-electron chi connectivity index (χ1n) is 3.81. The van der Waals surface area contributed by atoms with Crippen molar-refractivity contribution in [2.24, 2.45) is 11.8 Å². The molecule has 0 aromatic heterocycles. The molecule has 0 radical (unpaired) electrons. The number of carbonyl (C=O) groups is 2. The summed E-state index contributed by atoms with van der Waals surface area (Å²) in [6.45, 7) is 0.858. The van der Waals surface area contributed by atoms with Gasteiger partial charge in [0.25, 0.3) is 0 Å². The van der Waals surface area contributed by atoms with Gasteiger partial charge in [0.15, 0.2) is 5.78 Å². The van der Waals surface area contributed by atoms with E-state index < -0.39 is 30.4 Å². The molecule has 0 aliphatic heterocycles. The van der Waals surface area contributed by atoms with Crippen molar-refractivity contribution in [1.82, 2.24) is 0 Å². The van der Waals surface area contributed by atoms with Crippen LogP contribution in [0.2, 0.25) is 0 Å². The number of ketones is 1. The average molecular weight is 191 g/mol. The number of rotatable bonds is 5. The molecule has 0 aliphatic rings. The van der Waals surface area contributed by atoms with Gasteiger partial charge in [-0.05, 0) is 6.42 Å². The minimum Gasteiger partial charge on any atom is -0.395 e. The zero-order valence-electron chi connectivity index (χ0n) is 7.27. The summed E-state index contributed by atoms with van der Waals surface area (Å²) in [5.41, 5.74) is 0. The van der Waals surface area contributed by atoms with Crippen LogP contribution in [-0.2, 0) is 14.4 Å². The first-order chi connectivity index (χ1) is 6.08. The molecule has 2 atom stereocenters. The third kappa shape index (κ3) is 3.10. The van der Waals surface area contributed by atoms with E-state index in [1.54, 1.807) is 6.92 Å². The molecular formula is C7H13NO5. The molecule has 4 N–H and O–H groups in total. The van der Waals surface area contributed by atoms with Gasteiger partial charge in [0, 0.05) is 0 Å². The summed E-state index contributed by atoms with van der Waals surface area (Å²) in [5.74, 6) is 1.33. The quantitative estimate of drug-likeness (QED) is 0.355. The van der Waals surface area contributed by atoms with E-state index in [2.05, 4.69) is 10.7 Å². The lowest BCUT2D eigenvalue weighted by atomic mass is 9.99. The van der Waals surface area contributed by atoms with Crippen LogP contribution in [0.25, 0.3) is 0 Å². The number of nitrogens with two attached hydrogens (primary N) is 1. The average Bonchev–Trinajstić information content (AvgIpc) is 2.17. The largest absolute Gasteiger partial charge is 0.395 e. The van der Waals surface area contributed by atoms with Crippen LogP contribution in [-0.4, -0.2) is 34.7 Å². The summed E-state index contributed by atoms with van der Waals surface area (Å²) in [5, 5.41) is 17.7. The molecule has 6 nitrogen and oxygen atoms in total. The van der Waals surface area contributed by atoms with Gasteiger partial charge in [-0.3, -0.25) is 4.79 Å². The van der Waals surface area contributed by atoms with Gasteiger partial charge in [-0.25, -0.2) is 4.79 Å². The van der Waals surface area contributed by atoms with Crippen molar-refractivity contribution < 1.29 is 24.6 Å². The Morgan fingerprint density at radius 2 is 2.08 bits per heavy atom. The summed E-state index contributed by atoms with van der Waals surface area (Å²) >= 11 is 0. The molecule has 0 heterocycles. The predicted molar refractivity (Wildman–Crippen MR) is 42.2 cm³/mol. The first-order valence-corrected chi connectivity index (χ1v) is 3.81. The lowest BCUT2D eigenvalue weighted by Crippen LogP contribution is -2.37. The van der Waals surface area contributed by atoms with Crippen molar-refractivity contribution in [3.05, 3.63) is 0 Å². The molecule has 0 fully saturated rings. The van der Waals surface area contributed by atoms with Crippen molar-refractivity contribution in [2.45, 2.75) is 19.4 Å². The van der Waals surface area contributed by atoms with Crippen LogP contribution in [0.3, 0.4) is 0 Å². The highest BCUT2D eigenvalue weighted by molar-refractivity contribution is 6.01. The van der Waals surface area contributed by atoms with E-state index in [9.17, 15) is 9.59 Å². The third-order valence-corrected chi connectivity index (χ3v) is 1.64. The fraction of sp³-hybridized carbons (Fsp3) is 0.714. The van der Waals surface area contributed by atoms with Gasteiger partial charge in [0.1, 0.15) is 12.0 Å². The Kier molecular flexibility index (Phi) is 5.20. The van der Waals surface area contributed by atoms with Crippen LogP contribution < -0.4 is 5.90 Å². The molecular weight excluding hydrogens is 178 g/mol. The molecule has 76 valence electrons. The van der Waals surface area contributed by atoms with Gasteiger partial charge in [-0.1, -0.05) is 6.92 Å². The predicted octanol–water partition coefficient (Wildman–Crippen LogP) is -1.65. The Morgan fingerprint density at radius 1 is 1.54 bits per heavy atom. The number of Topliss-reactive ketones (excluding diaryl/α,β-unsaturated/α-hetero) is 1. The Labute approximate surface area is 75.2 Å². The molecule has 0 saturated heterocycles. The van der Waals surface area contributed by atoms with Crippen molar-refractivity contribution in [3.63, 3.8) is 0 Å². The normalized spacial score (nSPS) is 14.8. The van der Waals surface area contributed by atoms with Crippen LogP contribution in [0.15, 0.2) is 0 Å². The highest BCUT2D eigenvalue weighted by Gasteiger charge is 2.31. The van der Waals surface area contributed by atoms with E-state index in [1.165, 1.54) is 0 Å². The van der Waals surface area contributed by atoms with E-state index in [0.717, 1.165) is 0 Å². The molecule has 0 amide bonds. The summed E-state index contributed by atoms with van der Waals surface area (Å²) in [6, 6.07) is 0. The molecule has 6 heteroatoms. The lowest BCUT2D eigenvalue weighted by Gasteiger charge is -2.12. The van der Waals surface area contributed by atoms with Crippen LogP contribution in [0.1, 0.15) is 13.3 Å². The Balaban J connectivity index is 4.40. The third-order valence-electron chi connectivity index (χ3n) is 1.64. The summed E-state index contributed by atoms with van der Waals surface area (Å²) in [6.07, 6.45) is -1.09. The molecule has 2 unspecified atom stereocenters. The van der Waals surface area contributed by atoms with E-state index in [4.69, 9.17) is 10.2 Å². The maximum atomic E-state index is 11.1. The highest BCUT2D eigenvalue weighted by atomic mass is 16.7. The second-order valence-electron chi connectivity index (χ2n) is 2.50. The van der Waals surface area contributed by atoms with Crippen molar-refractivity contribution in [2.75, 3.05) is 6.61 Å². The first kappa shape index (κ1) is 12.0.